The molecule has 0 unspecified atom stereocenters. The molecule has 0 saturated heterocycles. The summed E-state index contributed by atoms with van der Waals surface area (Å²) in [7, 11) is -0.588. The van der Waals surface area contributed by atoms with Crippen LogP contribution < -0.4 is 5.90 Å². The largest absolute Gasteiger partial charge is 0.371 e. The van der Waals surface area contributed by atoms with E-state index in [2.05, 4.69) is 10.7 Å². The van der Waals surface area contributed by atoms with Crippen LogP contribution in [0.4, 0.5) is 0 Å². The Hall–Kier alpha value is -0.0151. The number of rotatable bonds is 1. The molecule has 0 heterocycles. The highest BCUT2D eigenvalue weighted by Gasteiger charge is 1.60. The van der Waals surface area contributed by atoms with Gasteiger partial charge in [0.15, 0.2) is 0 Å². The van der Waals surface area contributed by atoms with Crippen molar-refractivity contribution < 1.29 is 4.76 Å². The Balaban J connectivity index is 2.54. The SMILES string of the molecule is [3H]B(C)ON. The van der Waals surface area contributed by atoms with Crippen LogP contribution in [0.3, 0.4) is 0 Å². The molecule has 0 aliphatic rings. The predicted octanol–water partition coefficient (Wildman–Crippen LogP) is -0.724. The van der Waals surface area contributed by atoms with Crippen LogP contribution in [-0.2, 0) is 4.76 Å². The maximum atomic E-state index is 6.48. The van der Waals surface area contributed by atoms with Gasteiger partial charge in [0.2, 0.25) is 0 Å². The maximum Gasteiger partial charge on any atom is 0.300 e. The van der Waals surface area contributed by atoms with Gasteiger partial charge in [0.05, 0.1) is 0 Å². The van der Waals surface area contributed by atoms with Crippen LogP contribution in [0.25, 0.3) is 0 Å². The zero-order chi connectivity index (χ0) is 4.28. The van der Waals surface area contributed by atoms with Gasteiger partial charge in [-0.1, -0.05) is 6.82 Å². The van der Waals surface area contributed by atoms with E-state index in [-0.39, 0.29) is 0 Å². The third-order valence-corrected chi connectivity index (χ3v) is 0.136. The predicted molar refractivity (Wildman–Crippen MR) is 18.3 cm³/mol. The smallest absolute Gasteiger partial charge is 0.300 e. The molecule has 4 heavy (non-hydrogen) atoms. The number of nitrogens with two attached hydrogens (primary N) is 1. The summed E-state index contributed by atoms with van der Waals surface area (Å²) in [6, 6.07) is 0. The third-order valence-electron chi connectivity index (χ3n) is 0.136. The summed E-state index contributed by atoms with van der Waals surface area (Å²) in [5.41, 5.74) is 0. The molecule has 24 valence electrons. The fourth-order valence-electron chi connectivity index (χ4n) is 0. The summed E-state index contributed by atoms with van der Waals surface area (Å²) in [6.45, 7) is 1.54. The summed E-state index contributed by atoms with van der Waals surface area (Å²) < 4.78 is 10.4. The van der Waals surface area contributed by atoms with E-state index in [1.807, 2.05) is 0 Å². The zero-order valence-corrected chi connectivity index (χ0v) is 2.56. The van der Waals surface area contributed by atoms with Crippen molar-refractivity contribution in [1.82, 2.24) is 0 Å². The van der Waals surface area contributed by atoms with Gasteiger partial charge in [0, 0.05) is 1.34 Å². The Bertz CT molecular complexity index is 25.6. The highest BCUT2D eigenvalue weighted by Crippen LogP contribution is 1.41. The minimum absolute atomic E-state index is 0.588. The highest BCUT2D eigenvalue weighted by atomic mass is 16.6. The van der Waals surface area contributed by atoms with Crippen LogP contribution in [0.1, 0.15) is 0 Å². The Kier molecular flexibility index (Phi) is 1.67. The molecule has 0 aromatic rings. The van der Waals surface area contributed by atoms with Crippen LogP contribution >= 0.6 is 0 Å². The van der Waals surface area contributed by atoms with Gasteiger partial charge in [-0.15, -0.1) is 0 Å². The lowest BCUT2D eigenvalue weighted by Crippen LogP contribution is -1.98. The first kappa shape index (κ1) is 2.24. The molecule has 0 aliphatic heterocycles. The molecule has 0 radical (unpaired) electrons. The lowest BCUT2D eigenvalue weighted by Gasteiger charge is -1.73. The first-order valence-electron chi connectivity index (χ1n) is 1.63. The van der Waals surface area contributed by atoms with Crippen LogP contribution in [0, 0.1) is 0 Å². The maximum absolute atomic E-state index is 6.48. The molecule has 0 spiro atoms. The van der Waals surface area contributed by atoms with Gasteiger partial charge >= 0.3 is 7.45 Å². The Morgan fingerprint density at radius 1 is 2.50 bits per heavy atom. The van der Waals surface area contributed by atoms with E-state index in [1.165, 1.54) is 0 Å². The lowest BCUT2D eigenvalue weighted by molar-refractivity contribution is 0.359. The normalized spacial score (nSPS) is 10.0. The first-order chi connectivity index (χ1) is 2.27. The molecule has 0 aromatic carbocycles. The van der Waals surface area contributed by atoms with E-state index in [9.17, 15) is 0 Å². The van der Waals surface area contributed by atoms with Gasteiger partial charge in [0.25, 0.3) is 0 Å². The minimum Gasteiger partial charge on any atom is -0.371 e. The summed E-state index contributed by atoms with van der Waals surface area (Å²) in [5.74, 6) is 4.48. The molecule has 0 aromatic heterocycles. The van der Waals surface area contributed by atoms with E-state index in [4.69, 9.17) is 1.34 Å². The van der Waals surface area contributed by atoms with Gasteiger partial charge in [0.1, 0.15) is 0 Å². The molecule has 0 bridgehead atoms. The number of hydrogen-bond donors (Lipinski definition) is 1. The van der Waals surface area contributed by atoms with E-state index >= 15 is 0 Å². The summed E-state index contributed by atoms with van der Waals surface area (Å²) in [4.78, 5) is 0. The summed E-state index contributed by atoms with van der Waals surface area (Å²) >= 11 is 0. The van der Waals surface area contributed by atoms with Crippen LogP contribution in [0.5, 0.6) is 0 Å². The van der Waals surface area contributed by atoms with Gasteiger partial charge in [-0.3, -0.25) is 0 Å². The van der Waals surface area contributed by atoms with Gasteiger partial charge in [-0.2, -0.15) is 0 Å². The second kappa shape index (κ2) is 2.98. The molecule has 2 nitrogen and oxygen atoms in total. The van der Waals surface area contributed by atoms with E-state index in [1.54, 1.807) is 6.82 Å². The molecule has 2 N–H and O–H groups in total. The van der Waals surface area contributed by atoms with Crippen molar-refractivity contribution in [2.75, 3.05) is 0 Å². The monoisotopic (exact) mass is 61.1 g/mol. The molecule has 3 heteroatoms. The molecule has 0 saturated carbocycles. The van der Waals surface area contributed by atoms with Crippen molar-refractivity contribution in [3.8, 4) is 0 Å². The summed E-state index contributed by atoms with van der Waals surface area (Å²) in [5, 5.41) is 0. The quantitative estimate of drug-likeness (QED) is 0.320. The second-order valence-corrected chi connectivity index (χ2v) is 0.372. The molecule has 0 aliphatic carbocycles. The van der Waals surface area contributed by atoms with Crippen LogP contribution in [0.15, 0.2) is 0 Å². The summed E-state index contributed by atoms with van der Waals surface area (Å²) in [6.07, 6.45) is 0. The van der Waals surface area contributed by atoms with Crippen molar-refractivity contribution in [2.24, 2.45) is 5.90 Å². The molecule has 0 rings (SSSR count). The number of hydrogen-bond acceptors (Lipinski definition) is 2. The zero-order valence-electron chi connectivity index (χ0n) is 3.56. The lowest BCUT2D eigenvalue weighted by atomic mass is 10.1. The van der Waals surface area contributed by atoms with Crippen molar-refractivity contribution in [3.63, 3.8) is 0 Å². The van der Waals surface area contributed by atoms with E-state index < -0.39 is 7.45 Å². The standard InChI is InChI=1S/CH6BNO/c1-2-4-3/h2H,3H2,1H3/i2T. The minimum atomic E-state index is -0.588. The van der Waals surface area contributed by atoms with Crippen molar-refractivity contribution >= 4 is 7.45 Å². The van der Waals surface area contributed by atoms with E-state index in [0.29, 0.717) is 0 Å². The Labute approximate surface area is 27.5 Å². The topological polar surface area (TPSA) is 35.2 Å². The Morgan fingerprint density at radius 3 is 2.75 bits per heavy atom. The first-order valence-corrected chi connectivity index (χ1v) is 1.05. The molecular weight excluding hydrogens is 52.8 g/mol. The van der Waals surface area contributed by atoms with Crippen molar-refractivity contribution in [1.29, 1.82) is 1.34 Å². The van der Waals surface area contributed by atoms with Crippen LogP contribution in [0.2, 0.25) is 6.82 Å². The van der Waals surface area contributed by atoms with Gasteiger partial charge in [-0.25, -0.2) is 5.90 Å². The molecule has 0 amide bonds. The van der Waals surface area contributed by atoms with Gasteiger partial charge in [-0.05, 0) is 0 Å². The molecule has 0 fully saturated rings. The second-order valence-electron chi connectivity index (χ2n) is 0.372. The van der Waals surface area contributed by atoms with Gasteiger partial charge < -0.3 is 4.76 Å². The van der Waals surface area contributed by atoms with Crippen molar-refractivity contribution in [2.45, 2.75) is 6.82 Å². The van der Waals surface area contributed by atoms with Crippen LogP contribution in [-0.4, -0.2) is 8.78 Å². The Morgan fingerprint density at radius 2 is 2.75 bits per heavy atom. The van der Waals surface area contributed by atoms with Crippen molar-refractivity contribution in [3.05, 3.63) is 0 Å². The highest BCUT2D eigenvalue weighted by molar-refractivity contribution is 6.24. The average Bonchev–Trinajstić information content (AvgIpc) is 1.38. The fraction of sp³-hybridized carbons (Fsp3) is 1.00. The van der Waals surface area contributed by atoms with E-state index in [0.717, 1.165) is 0 Å². The molecule has 0 atom stereocenters. The average molecular weight is 60.9 g/mol. The molecular formula is CH6BNO. The fourth-order valence-corrected chi connectivity index (χ4v) is 0. The third kappa shape index (κ3) is 1.98.